The van der Waals surface area contributed by atoms with Crippen LogP contribution < -0.4 is 14.4 Å². The molecule has 1 aromatic carbocycles. The number of hydrogen-bond acceptors (Lipinski definition) is 6. The molecule has 0 radical (unpaired) electrons. The third-order valence-corrected chi connectivity index (χ3v) is 8.16. The van der Waals surface area contributed by atoms with Gasteiger partial charge in [-0.15, -0.1) is 0 Å². The van der Waals surface area contributed by atoms with Crippen LogP contribution in [0, 0.1) is 5.82 Å². The third-order valence-electron chi connectivity index (χ3n) is 6.42. The van der Waals surface area contributed by atoms with Crippen LogP contribution in [0.15, 0.2) is 41.4 Å². The van der Waals surface area contributed by atoms with E-state index in [2.05, 4.69) is 19.5 Å². The Hall–Kier alpha value is -1.94. The molecule has 10 heteroatoms. The third kappa shape index (κ3) is 5.82. The molecule has 1 aromatic heterocycles. The number of hydrogen-bond donors (Lipinski definition) is 1. The first-order valence-corrected chi connectivity index (χ1v) is 13.7. The molecule has 1 aliphatic heterocycles. The highest BCUT2D eigenvalue weighted by Gasteiger charge is 2.36. The fraction of sp³-hybridized carbons (Fsp3) is 0.542. The Bertz CT molecular complexity index is 1090. The minimum Gasteiger partial charge on any atom is -0.487 e. The summed E-state index contributed by atoms with van der Waals surface area (Å²) in [5.41, 5.74) is 0. The molecule has 2 unspecified atom stereocenters. The zero-order chi connectivity index (χ0) is 24.3. The van der Waals surface area contributed by atoms with Crippen molar-refractivity contribution in [3.63, 3.8) is 0 Å². The van der Waals surface area contributed by atoms with Crippen LogP contribution in [0.3, 0.4) is 0 Å². The largest absolute Gasteiger partial charge is 0.487 e. The first kappa shape index (κ1) is 25.2. The van der Waals surface area contributed by atoms with Crippen LogP contribution in [0.5, 0.6) is 5.75 Å². The lowest BCUT2D eigenvalue weighted by molar-refractivity contribution is 0.123. The lowest BCUT2D eigenvalue weighted by Crippen LogP contribution is -2.58. The number of nitrogens with one attached hydrogen (secondary N) is 1. The minimum absolute atomic E-state index is 0.0584. The van der Waals surface area contributed by atoms with Gasteiger partial charge in [0.05, 0.1) is 6.10 Å². The second kappa shape index (κ2) is 10.8. The van der Waals surface area contributed by atoms with Crippen molar-refractivity contribution in [1.82, 2.24) is 14.6 Å². The van der Waals surface area contributed by atoms with E-state index in [1.807, 2.05) is 26.0 Å². The lowest BCUT2D eigenvalue weighted by Gasteiger charge is -2.44. The lowest BCUT2D eigenvalue weighted by atomic mass is 9.89. The van der Waals surface area contributed by atoms with Crippen LogP contribution >= 0.6 is 11.6 Å². The van der Waals surface area contributed by atoms with Crippen molar-refractivity contribution in [3.05, 3.63) is 47.4 Å². The Labute approximate surface area is 206 Å². The number of benzene rings is 1. The first-order chi connectivity index (χ1) is 16.2. The molecule has 0 amide bonds. The van der Waals surface area contributed by atoms with Gasteiger partial charge >= 0.3 is 0 Å². The van der Waals surface area contributed by atoms with Crippen LogP contribution in [-0.4, -0.2) is 62.7 Å². The number of anilines is 1. The second-order valence-electron chi connectivity index (χ2n) is 9.17. The van der Waals surface area contributed by atoms with Crippen molar-refractivity contribution in [2.45, 2.75) is 62.6 Å². The highest BCUT2D eigenvalue weighted by Crippen LogP contribution is 2.30. The minimum atomic E-state index is -4.03. The van der Waals surface area contributed by atoms with Gasteiger partial charge in [-0.25, -0.2) is 22.5 Å². The van der Waals surface area contributed by atoms with E-state index in [0.29, 0.717) is 0 Å². The standard InChI is InChI=1S/C24H32ClFN4O3S/c1-17(2)33-22-8-5-11-27-24(22)30-14-12-29(13-15-30)21-7-4-3-6-20(21)28-34(31,32)23-16-18(25)9-10-19(23)26/h5,8-11,16-17,20-21,28H,3-4,6-7,12-15H2,1-2H3. The van der Waals surface area contributed by atoms with E-state index in [0.717, 1.165) is 69.5 Å². The predicted octanol–water partition coefficient (Wildman–Crippen LogP) is 4.07. The summed E-state index contributed by atoms with van der Waals surface area (Å²) in [5, 5.41) is 0.188. The van der Waals surface area contributed by atoms with Crippen LogP contribution in [0.25, 0.3) is 0 Å². The van der Waals surface area contributed by atoms with Gasteiger partial charge in [0.2, 0.25) is 10.0 Å². The highest BCUT2D eigenvalue weighted by molar-refractivity contribution is 7.89. The Balaban J connectivity index is 1.45. The number of halogens is 2. The fourth-order valence-electron chi connectivity index (χ4n) is 4.86. The molecular formula is C24H32ClFN4O3S. The van der Waals surface area contributed by atoms with Crippen molar-refractivity contribution in [1.29, 1.82) is 0 Å². The summed E-state index contributed by atoms with van der Waals surface area (Å²) in [6.07, 6.45) is 5.43. The number of sulfonamides is 1. The molecule has 7 nitrogen and oxygen atoms in total. The van der Waals surface area contributed by atoms with Crippen molar-refractivity contribution < 1.29 is 17.5 Å². The summed E-state index contributed by atoms with van der Waals surface area (Å²) in [4.78, 5) is 8.72. The molecular weight excluding hydrogens is 479 g/mol. The maximum atomic E-state index is 14.3. The predicted molar refractivity (Wildman–Crippen MR) is 132 cm³/mol. The molecule has 34 heavy (non-hydrogen) atoms. The maximum Gasteiger partial charge on any atom is 0.243 e. The number of piperazine rings is 1. The van der Waals surface area contributed by atoms with Gasteiger partial charge in [0.1, 0.15) is 10.7 Å². The van der Waals surface area contributed by atoms with Gasteiger partial charge in [-0.1, -0.05) is 24.4 Å². The molecule has 1 saturated carbocycles. The van der Waals surface area contributed by atoms with Crippen LogP contribution in [0.2, 0.25) is 5.02 Å². The quantitative estimate of drug-likeness (QED) is 0.605. The van der Waals surface area contributed by atoms with E-state index in [9.17, 15) is 12.8 Å². The van der Waals surface area contributed by atoms with Gasteiger partial charge in [0, 0.05) is 49.5 Å². The van der Waals surface area contributed by atoms with E-state index < -0.39 is 20.7 Å². The number of pyridine rings is 1. The monoisotopic (exact) mass is 510 g/mol. The first-order valence-electron chi connectivity index (χ1n) is 11.8. The summed E-state index contributed by atoms with van der Waals surface area (Å²) in [6, 6.07) is 7.19. The zero-order valence-corrected chi connectivity index (χ0v) is 21.2. The molecule has 0 spiro atoms. The molecule has 1 saturated heterocycles. The molecule has 2 atom stereocenters. The average Bonchev–Trinajstić information content (AvgIpc) is 2.81. The summed E-state index contributed by atoms with van der Waals surface area (Å²) in [5.74, 6) is 0.818. The van der Waals surface area contributed by atoms with Gasteiger partial charge in [-0.05, 0) is 57.0 Å². The normalized spacial score (nSPS) is 22.2. The molecule has 0 bridgehead atoms. The molecule has 2 heterocycles. The summed E-state index contributed by atoms with van der Waals surface area (Å²) < 4.78 is 49.0. The van der Waals surface area contributed by atoms with Crippen molar-refractivity contribution >= 4 is 27.4 Å². The number of aromatic nitrogens is 1. The molecule has 186 valence electrons. The number of nitrogens with zero attached hydrogens (tertiary/aromatic N) is 3. The van der Waals surface area contributed by atoms with E-state index in [4.69, 9.17) is 16.3 Å². The van der Waals surface area contributed by atoms with Gasteiger partial charge in [0.15, 0.2) is 11.6 Å². The van der Waals surface area contributed by atoms with Crippen LogP contribution in [0.1, 0.15) is 39.5 Å². The summed E-state index contributed by atoms with van der Waals surface area (Å²) >= 11 is 5.93. The topological polar surface area (TPSA) is 74.8 Å². The molecule has 4 rings (SSSR count). The second-order valence-corrected chi connectivity index (χ2v) is 11.3. The summed E-state index contributed by atoms with van der Waals surface area (Å²) in [7, 11) is -4.03. The highest BCUT2D eigenvalue weighted by atomic mass is 35.5. The van der Waals surface area contributed by atoms with Gasteiger partial charge in [-0.2, -0.15) is 0 Å². The van der Waals surface area contributed by atoms with Crippen molar-refractivity contribution in [3.8, 4) is 5.75 Å². The smallest absolute Gasteiger partial charge is 0.243 e. The Morgan fingerprint density at radius 1 is 1.15 bits per heavy atom. The van der Waals surface area contributed by atoms with Crippen LogP contribution in [-0.2, 0) is 10.0 Å². The van der Waals surface area contributed by atoms with Gasteiger partial charge in [-0.3, -0.25) is 4.90 Å². The Morgan fingerprint density at radius 2 is 1.88 bits per heavy atom. The molecule has 1 N–H and O–H groups in total. The van der Waals surface area contributed by atoms with Gasteiger partial charge < -0.3 is 9.64 Å². The van der Waals surface area contributed by atoms with E-state index in [1.54, 1.807) is 6.20 Å². The number of rotatable bonds is 7. The Kier molecular flexibility index (Phi) is 7.97. The van der Waals surface area contributed by atoms with E-state index >= 15 is 0 Å². The summed E-state index contributed by atoms with van der Waals surface area (Å²) in [6.45, 7) is 7.09. The van der Waals surface area contributed by atoms with Gasteiger partial charge in [0.25, 0.3) is 0 Å². The van der Waals surface area contributed by atoms with E-state index in [1.165, 1.54) is 12.1 Å². The average molecular weight is 511 g/mol. The van der Waals surface area contributed by atoms with E-state index in [-0.39, 0.29) is 23.2 Å². The maximum absolute atomic E-state index is 14.3. The fourth-order valence-corrected chi connectivity index (χ4v) is 6.51. The Morgan fingerprint density at radius 3 is 2.62 bits per heavy atom. The molecule has 2 aromatic rings. The van der Waals surface area contributed by atoms with Crippen molar-refractivity contribution in [2.75, 3.05) is 31.1 Å². The molecule has 2 fully saturated rings. The number of ether oxygens (including phenoxy) is 1. The van der Waals surface area contributed by atoms with Crippen molar-refractivity contribution in [2.24, 2.45) is 0 Å². The molecule has 2 aliphatic rings. The zero-order valence-electron chi connectivity index (χ0n) is 19.6. The molecule has 1 aliphatic carbocycles. The SMILES string of the molecule is CC(C)Oc1cccnc1N1CCN(C2CCCCC2NS(=O)(=O)c2cc(Cl)ccc2F)CC1. The van der Waals surface area contributed by atoms with Crippen LogP contribution in [0.4, 0.5) is 10.2 Å².